The van der Waals surface area contributed by atoms with Crippen LogP contribution in [0.1, 0.15) is 28.9 Å². The average Bonchev–Trinajstić information content (AvgIpc) is 3.06. The Bertz CT molecular complexity index is 881. The molecule has 1 atom stereocenters. The summed E-state index contributed by atoms with van der Waals surface area (Å²) in [5.41, 5.74) is 2.70. The minimum absolute atomic E-state index is 0.00410. The highest BCUT2D eigenvalue weighted by Crippen LogP contribution is 2.21. The minimum Gasteiger partial charge on any atom is -0.337 e. The maximum atomic E-state index is 12.7. The van der Waals surface area contributed by atoms with Gasteiger partial charge in [-0.25, -0.2) is 0 Å². The Balaban J connectivity index is 1.80. The zero-order valence-corrected chi connectivity index (χ0v) is 14.5. The molecule has 0 radical (unpaired) electrons. The van der Waals surface area contributed by atoms with Crippen molar-refractivity contribution in [2.24, 2.45) is 0 Å². The molecule has 1 amide bonds. The second kappa shape index (κ2) is 6.84. The number of amides is 1. The van der Waals surface area contributed by atoms with Crippen LogP contribution in [0.25, 0.3) is 5.69 Å². The summed E-state index contributed by atoms with van der Waals surface area (Å²) >= 11 is 5.21. The molecule has 0 aliphatic heterocycles. The maximum Gasteiger partial charge on any atom is 0.254 e. The SMILES string of the molecule is C[C@@H](c1ccccc1)N(C)C(=O)c1ccc(-n2cc[nH]c2=S)cc1. The lowest BCUT2D eigenvalue weighted by atomic mass is 10.1. The van der Waals surface area contributed by atoms with Gasteiger partial charge in [-0.15, -0.1) is 0 Å². The lowest BCUT2D eigenvalue weighted by Crippen LogP contribution is -2.29. The van der Waals surface area contributed by atoms with Crippen LogP contribution >= 0.6 is 12.2 Å². The molecule has 0 unspecified atom stereocenters. The number of benzene rings is 2. The number of carbonyl (C=O) groups is 1. The first-order valence-electron chi connectivity index (χ1n) is 7.76. The molecule has 3 rings (SSSR count). The molecule has 0 bridgehead atoms. The van der Waals surface area contributed by atoms with Crippen LogP contribution in [0.2, 0.25) is 0 Å². The first-order valence-corrected chi connectivity index (χ1v) is 8.17. The van der Waals surface area contributed by atoms with Crippen LogP contribution in [0.5, 0.6) is 0 Å². The van der Waals surface area contributed by atoms with Gasteiger partial charge in [-0.1, -0.05) is 30.3 Å². The number of nitrogens with one attached hydrogen (secondary N) is 1. The van der Waals surface area contributed by atoms with Crippen LogP contribution < -0.4 is 0 Å². The number of carbonyl (C=O) groups excluding carboxylic acids is 1. The fourth-order valence-corrected chi connectivity index (χ4v) is 2.86. The third kappa shape index (κ3) is 3.16. The normalized spacial score (nSPS) is 11.9. The van der Waals surface area contributed by atoms with Crippen LogP contribution in [-0.2, 0) is 0 Å². The lowest BCUT2D eigenvalue weighted by molar-refractivity contribution is 0.0742. The van der Waals surface area contributed by atoms with Crippen LogP contribution in [0, 0.1) is 4.77 Å². The van der Waals surface area contributed by atoms with Crippen molar-refractivity contribution < 1.29 is 4.79 Å². The highest BCUT2D eigenvalue weighted by atomic mass is 32.1. The van der Waals surface area contributed by atoms with Gasteiger partial charge in [-0.3, -0.25) is 9.36 Å². The smallest absolute Gasteiger partial charge is 0.254 e. The van der Waals surface area contributed by atoms with Gasteiger partial charge < -0.3 is 9.88 Å². The summed E-state index contributed by atoms with van der Waals surface area (Å²) in [5, 5.41) is 0. The summed E-state index contributed by atoms with van der Waals surface area (Å²) in [5.74, 6) is -0.00410. The third-order valence-electron chi connectivity index (χ3n) is 4.22. The summed E-state index contributed by atoms with van der Waals surface area (Å²) in [6.07, 6.45) is 3.65. The summed E-state index contributed by atoms with van der Waals surface area (Å²) < 4.78 is 2.49. The average molecular weight is 337 g/mol. The Morgan fingerprint density at radius 1 is 1.12 bits per heavy atom. The fourth-order valence-electron chi connectivity index (χ4n) is 2.62. The molecule has 24 heavy (non-hydrogen) atoms. The fraction of sp³-hybridized carbons (Fsp3) is 0.158. The Morgan fingerprint density at radius 3 is 2.38 bits per heavy atom. The summed E-state index contributed by atoms with van der Waals surface area (Å²) in [7, 11) is 1.83. The van der Waals surface area contributed by atoms with Crippen LogP contribution in [0.3, 0.4) is 0 Å². The molecular weight excluding hydrogens is 318 g/mol. The van der Waals surface area contributed by atoms with E-state index >= 15 is 0 Å². The molecule has 3 aromatic rings. The highest BCUT2D eigenvalue weighted by Gasteiger charge is 2.18. The van der Waals surface area contributed by atoms with E-state index < -0.39 is 0 Å². The minimum atomic E-state index is -0.00410. The molecule has 2 aromatic carbocycles. The zero-order valence-electron chi connectivity index (χ0n) is 13.6. The van der Waals surface area contributed by atoms with Gasteiger partial charge in [0.2, 0.25) is 0 Å². The summed E-state index contributed by atoms with van der Waals surface area (Å²) in [6.45, 7) is 2.03. The molecule has 0 saturated carbocycles. The van der Waals surface area contributed by atoms with E-state index in [1.165, 1.54) is 0 Å². The molecule has 0 fully saturated rings. The van der Waals surface area contributed by atoms with Gasteiger partial charge in [0.15, 0.2) is 4.77 Å². The van der Waals surface area contributed by atoms with Crippen LogP contribution in [0.4, 0.5) is 0 Å². The Hall–Kier alpha value is -2.66. The van der Waals surface area contributed by atoms with Gasteiger partial charge >= 0.3 is 0 Å². The first-order chi connectivity index (χ1) is 11.6. The van der Waals surface area contributed by atoms with Crippen molar-refractivity contribution >= 4 is 18.1 Å². The zero-order chi connectivity index (χ0) is 17.1. The Kier molecular flexibility index (Phi) is 4.62. The lowest BCUT2D eigenvalue weighted by Gasteiger charge is -2.25. The van der Waals surface area contributed by atoms with E-state index in [4.69, 9.17) is 12.2 Å². The van der Waals surface area contributed by atoms with Crippen molar-refractivity contribution in [1.29, 1.82) is 0 Å². The van der Waals surface area contributed by atoms with Gasteiger partial charge in [0.1, 0.15) is 0 Å². The van der Waals surface area contributed by atoms with Crippen molar-refractivity contribution in [1.82, 2.24) is 14.5 Å². The molecule has 4 nitrogen and oxygen atoms in total. The van der Waals surface area contributed by atoms with Gasteiger partial charge in [0.25, 0.3) is 5.91 Å². The predicted molar refractivity (Wildman–Crippen MR) is 97.9 cm³/mol. The summed E-state index contributed by atoms with van der Waals surface area (Å²) in [4.78, 5) is 17.4. The van der Waals surface area contributed by atoms with Crippen LogP contribution in [-0.4, -0.2) is 27.4 Å². The van der Waals surface area contributed by atoms with Gasteiger partial charge in [-0.05, 0) is 49.0 Å². The van der Waals surface area contributed by atoms with Gasteiger partial charge in [0, 0.05) is 30.7 Å². The third-order valence-corrected chi connectivity index (χ3v) is 4.54. The molecular formula is C19H19N3OS. The topological polar surface area (TPSA) is 41.0 Å². The van der Waals surface area contributed by atoms with Gasteiger partial charge in [0.05, 0.1) is 6.04 Å². The van der Waals surface area contributed by atoms with Crippen molar-refractivity contribution in [3.05, 3.63) is 82.9 Å². The molecule has 1 aromatic heterocycles. The van der Waals surface area contributed by atoms with Crippen molar-refractivity contribution in [3.8, 4) is 5.69 Å². The first kappa shape index (κ1) is 16.2. The van der Waals surface area contributed by atoms with E-state index in [1.54, 1.807) is 11.1 Å². The van der Waals surface area contributed by atoms with E-state index in [9.17, 15) is 4.79 Å². The largest absolute Gasteiger partial charge is 0.337 e. The number of hydrogen-bond acceptors (Lipinski definition) is 2. The predicted octanol–water partition coefficient (Wildman–Crippen LogP) is 4.37. The number of hydrogen-bond donors (Lipinski definition) is 1. The van der Waals surface area contributed by atoms with Crippen LogP contribution in [0.15, 0.2) is 67.0 Å². The van der Waals surface area contributed by atoms with E-state index in [0.29, 0.717) is 10.3 Å². The molecule has 0 aliphatic rings. The Labute approximate surface area is 146 Å². The molecule has 1 heterocycles. The number of imidazole rings is 1. The maximum absolute atomic E-state index is 12.7. The summed E-state index contributed by atoms with van der Waals surface area (Å²) in [6, 6.07) is 17.5. The standard InChI is InChI=1S/C19H19N3OS/c1-14(15-6-4-3-5-7-15)21(2)18(23)16-8-10-17(11-9-16)22-13-12-20-19(22)24/h3-14H,1-2H3,(H,20,24)/t14-/m0/s1. The van der Waals surface area contributed by atoms with Crippen molar-refractivity contribution in [2.45, 2.75) is 13.0 Å². The Morgan fingerprint density at radius 2 is 1.79 bits per heavy atom. The van der Waals surface area contributed by atoms with Crippen molar-refractivity contribution in [2.75, 3.05) is 7.05 Å². The number of nitrogens with zero attached hydrogens (tertiary/aromatic N) is 2. The molecule has 1 N–H and O–H groups in total. The van der Waals surface area contributed by atoms with Crippen molar-refractivity contribution in [3.63, 3.8) is 0 Å². The molecule has 0 saturated heterocycles. The monoisotopic (exact) mass is 337 g/mol. The van der Waals surface area contributed by atoms with E-state index in [0.717, 1.165) is 11.3 Å². The van der Waals surface area contributed by atoms with E-state index in [1.807, 2.05) is 79.3 Å². The molecule has 0 aliphatic carbocycles. The molecule has 5 heteroatoms. The number of aromatic nitrogens is 2. The van der Waals surface area contributed by atoms with Gasteiger partial charge in [-0.2, -0.15) is 0 Å². The molecule has 122 valence electrons. The number of aromatic amines is 1. The number of rotatable bonds is 4. The van der Waals surface area contributed by atoms with E-state index in [-0.39, 0.29) is 11.9 Å². The highest BCUT2D eigenvalue weighted by molar-refractivity contribution is 7.71. The second-order valence-electron chi connectivity index (χ2n) is 5.68. The second-order valence-corrected chi connectivity index (χ2v) is 6.07. The quantitative estimate of drug-likeness (QED) is 0.718. The number of H-pyrrole nitrogens is 1. The van der Waals surface area contributed by atoms with E-state index in [2.05, 4.69) is 4.98 Å². The molecule has 0 spiro atoms.